The second kappa shape index (κ2) is 4.56. The lowest BCUT2D eigenvalue weighted by Gasteiger charge is -2.03. The molecule has 0 aliphatic heterocycles. The summed E-state index contributed by atoms with van der Waals surface area (Å²) in [5.74, 6) is 0. The van der Waals surface area contributed by atoms with Crippen molar-refractivity contribution in [3.63, 3.8) is 0 Å². The van der Waals surface area contributed by atoms with Crippen LogP contribution in [-0.2, 0) is 4.74 Å². The summed E-state index contributed by atoms with van der Waals surface area (Å²) in [5.41, 5.74) is 5.05. The van der Waals surface area contributed by atoms with Crippen molar-refractivity contribution in [1.82, 2.24) is 0 Å². The van der Waals surface area contributed by atoms with E-state index in [0.717, 1.165) is 6.42 Å². The predicted octanol–water partition coefficient (Wildman–Crippen LogP) is 1.05. The van der Waals surface area contributed by atoms with Gasteiger partial charge in [0.15, 0.2) is 0 Å². The standard InChI is InChI=1S/C4H10BrNO/c1-2-4(5)7-3-6/h4H,2-3,6H2,1H3. The third-order valence-corrected chi connectivity index (χ3v) is 1.51. The minimum Gasteiger partial charge on any atom is -0.352 e. The molecule has 0 saturated carbocycles. The number of rotatable bonds is 3. The van der Waals surface area contributed by atoms with Crippen molar-refractivity contribution in [3.8, 4) is 0 Å². The van der Waals surface area contributed by atoms with Crippen LogP contribution < -0.4 is 5.73 Å². The molecular formula is C4H10BrNO. The fourth-order valence-electron chi connectivity index (χ4n) is 0.222. The van der Waals surface area contributed by atoms with Gasteiger partial charge in [-0.1, -0.05) is 22.9 Å². The Morgan fingerprint density at radius 3 is 2.57 bits per heavy atom. The van der Waals surface area contributed by atoms with E-state index in [1.165, 1.54) is 0 Å². The molecular weight excluding hydrogens is 158 g/mol. The molecule has 2 N–H and O–H groups in total. The first-order valence-corrected chi connectivity index (χ1v) is 3.18. The highest BCUT2D eigenvalue weighted by Crippen LogP contribution is 2.03. The zero-order valence-electron chi connectivity index (χ0n) is 4.36. The molecule has 0 aliphatic rings. The molecule has 3 heteroatoms. The third kappa shape index (κ3) is 4.25. The molecule has 0 fully saturated rings. The maximum atomic E-state index is 5.05. The van der Waals surface area contributed by atoms with Crippen LogP contribution in [0.4, 0.5) is 0 Å². The van der Waals surface area contributed by atoms with Gasteiger partial charge in [0.05, 0.1) is 6.73 Å². The molecule has 0 spiro atoms. The van der Waals surface area contributed by atoms with Gasteiger partial charge >= 0.3 is 0 Å². The Labute approximate surface area is 52.2 Å². The van der Waals surface area contributed by atoms with Crippen molar-refractivity contribution in [1.29, 1.82) is 0 Å². The average molecular weight is 168 g/mol. The molecule has 0 radical (unpaired) electrons. The molecule has 0 heterocycles. The fraction of sp³-hybridized carbons (Fsp3) is 1.00. The smallest absolute Gasteiger partial charge is 0.114 e. The Kier molecular flexibility index (Phi) is 4.82. The van der Waals surface area contributed by atoms with Crippen LogP contribution in [-0.4, -0.2) is 11.7 Å². The Balaban J connectivity index is 2.83. The largest absolute Gasteiger partial charge is 0.352 e. The Bertz CT molecular complexity index is 42.7. The molecule has 0 aromatic heterocycles. The van der Waals surface area contributed by atoms with E-state index in [-0.39, 0.29) is 5.01 Å². The lowest BCUT2D eigenvalue weighted by molar-refractivity contribution is 0.121. The van der Waals surface area contributed by atoms with Crippen molar-refractivity contribution in [2.45, 2.75) is 18.4 Å². The summed E-state index contributed by atoms with van der Waals surface area (Å²) in [6.07, 6.45) is 0.956. The second-order valence-corrected chi connectivity index (χ2v) is 2.17. The molecule has 0 aromatic rings. The van der Waals surface area contributed by atoms with Crippen LogP contribution in [0.1, 0.15) is 13.3 Å². The van der Waals surface area contributed by atoms with Crippen LogP contribution in [0.15, 0.2) is 0 Å². The highest BCUT2D eigenvalue weighted by atomic mass is 79.9. The maximum Gasteiger partial charge on any atom is 0.114 e. The molecule has 2 nitrogen and oxygen atoms in total. The van der Waals surface area contributed by atoms with Gasteiger partial charge in [-0.2, -0.15) is 0 Å². The first-order valence-electron chi connectivity index (χ1n) is 2.27. The van der Waals surface area contributed by atoms with E-state index in [9.17, 15) is 0 Å². The van der Waals surface area contributed by atoms with Crippen molar-refractivity contribution < 1.29 is 4.74 Å². The summed E-state index contributed by atoms with van der Waals surface area (Å²) in [6.45, 7) is 2.32. The highest BCUT2D eigenvalue weighted by molar-refractivity contribution is 9.09. The molecule has 0 amide bonds. The SMILES string of the molecule is CCC(Br)OCN. The summed E-state index contributed by atoms with van der Waals surface area (Å²) in [7, 11) is 0. The lowest BCUT2D eigenvalue weighted by Crippen LogP contribution is -2.10. The number of nitrogens with two attached hydrogens (primary N) is 1. The molecule has 0 bridgehead atoms. The third-order valence-electron chi connectivity index (χ3n) is 0.598. The monoisotopic (exact) mass is 167 g/mol. The molecule has 1 unspecified atom stereocenters. The van der Waals surface area contributed by atoms with Gasteiger partial charge in [-0.15, -0.1) is 0 Å². The summed E-state index contributed by atoms with van der Waals surface area (Å²) in [4.78, 5) is 0. The zero-order valence-corrected chi connectivity index (χ0v) is 5.94. The van der Waals surface area contributed by atoms with Crippen molar-refractivity contribution in [3.05, 3.63) is 0 Å². The van der Waals surface area contributed by atoms with Gasteiger partial charge in [0.25, 0.3) is 0 Å². The summed E-state index contributed by atoms with van der Waals surface area (Å²) >= 11 is 3.23. The molecule has 0 saturated heterocycles. The van der Waals surface area contributed by atoms with Gasteiger partial charge in [0.2, 0.25) is 0 Å². The van der Waals surface area contributed by atoms with Crippen LogP contribution in [0, 0.1) is 0 Å². The van der Waals surface area contributed by atoms with E-state index in [0.29, 0.717) is 6.73 Å². The quantitative estimate of drug-likeness (QED) is 0.504. The highest BCUT2D eigenvalue weighted by Gasteiger charge is 1.94. The van der Waals surface area contributed by atoms with Crippen LogP contribution >= 0.6 is 15.9 Å². The topological polar surface area (TPSA) is 35.2 Å². The molecule has 0 aliphatic carbocycles. The molecule has 0 aromatic carbocycles. The predicted molar refractivity (Wildman–Crippen MR) is 33.1 cm³/mol. The zero-order chi connectivity index (χ0) is 5.70. The van der Waals surface area contributed by atoms with E-state index < -0.39 is 0 Å². The van der Waals surface area contributed by atoms with Crippen molar-refractivity contribution in [2.24, 2.45) is 5.73 Å². The van der Waals surface area contributed by atoms with E-state index in [2.05, 4.69) is 15.9 Å². The minimum absolute atomic E-state index is 0.137. The van der Waals surface area contributed by atoms with Crippen molar-refractivity contribution >= 4 is 15.9 Å². The number of halogens is 1. The number of ether oxygens (including phenoxy) is 1. The summed E-state index contributed by atoms with van der Waals surface area (Å²) in [6, 6.07) is 0. The number of hydrogen-bond donors (Lipinski definition) is 1. The van der Waals surface area contributed by atoms with Gasteiger partial charge in [-0.3, -0.25) is 0 Å². The van der Waals surface area contributed by atoms with Gasteiger partial charge in [0, 0.05) is 0 Å². The molecule has 7 heavy (non-hydrogen) atoms. The summed E-state index contributed by atoms with van der Waals surface area (Å²) < 4.78 is 4.89. The van der Waals surface area contributed by atoms with Gasteiger partial charge < -0.3 is 10.5 Å². The first-order chi connectivity index (χ1) is 3.31. The van der Waals surface area contributed by atoms with Gasteiger partial charge in [-0.25, -0.2) is 0 Å². The van der Waals surface area contributed by atoms with Crippen LogP contribution in [0.25, 0.3) is 0 Å². The van der Waals surface area contributed by atoms with Crippen LogP contribution in [0.3, 0.4) is 0 Å². The molecule has 44 valence electrons. The molecule has 0 rings (SSSR count). The second-order valence-electron chi connectivity index (χ2n) is 1.15. The fourth-order valence-corrected chi connectivity index (χ4v) is 0.375. The van der Waals surface area contributed by atoms with Crippen molar-refractivity contribution in [2.75, 3.05) is 6.73 Å². The van der Waals surface area contributed by atoms with E-state index in [4.69, 9.17) is 10.5 Å². The van der Waals surface area contributed by atoms with Gasteiger partial charge in [0.1, 0.15) is 5.01 Å². The Morgan fingerprint density at radius 1 is 1.86 bits per heavy atom. The minimum atomic E-state index is 0.137. The Morgan fingerprint density at radius 2 is 2.43 bits per heavy atom. The van der Waals surface area contributed by atoms with Crippen LogP contribution in [0.5, 0.6) is 0 Å². The van der Waals surface area contributed by atoms with Gasteiger partial charge in [-0.05, 0) is 6.42 Å². The number of hydrogen-bond acceptors (Lipinski definition) is 2. The Hall–Kier alpha value is 0.400. The molecule has 1 atom stereocenters. The maximum absolute atomic E-state index is 5.05. The van der Waals surface area contributed by atoms with E-state index in [1.54, 1.807) is 0 Å². The average Bonchev–Trinajstić information content (AvgIpc) is 1.68. The van der Waals surface area contributed by atoms with E-state index in [1.807, 2.05) is 6.92 Å². The first kappa shape index (κ1) is 7.40. The van der Waals surface area contributed by atoms with E-state index >= 15 is 0 Å². The summed E-state index contributed by atoms with van der Waals surface area (Å²) in [5, 5.41) is 0.137. The number of alkyl halides is 1. The lowest BCUT2D eigenvalue weighted by atomic mass is 10.5. The normalized spacial score (nSPS) is 14.1. The van der Waals surface area contributed by atoms with Crippen LogP contribution in [0.2, 0.25) is 0 Å².